The number of esters is 1. The van der Waals surface area contributed by atoms with Crippen LogP contribution in [-0.4, -0.2) is 25.3 Å². The Morgan fingerprint density at radius 3 is 2.37 bits per heavy atom. The fourth-order valence-electron chi connectivity index (χ4n) is 1.49. The highest BCUT2D eigenvalue weighted by Gasteiger charge is 2.08. The van der Waals surface area contributed by atoms with Gasteiger partial charge in [0.1, 0.15) is 13.2 Å². The Bertz CT molecular complexity index is 462. The van der Waals surface area contributed by atoms with Crippen LogP contribution >= 0.6 is 0 Å². The summed E-state index contributed by atoms with van der Waals surface area (Å²) in [7, 11) is 0. The van der Waals surface area contributed by atoms with Crippen molar-refractivity contribution in [2.24, 2.45) is 0 Å². The fraction of sp³-hybridized carbons (Fsp3) is 0.286. The number of benzene rings is 1. The lowest BCUT2D eigenvalue weighted by Crippen LogP contribution is -2.18. The molecule has 0 unspecified atom stereocenters. The van der Waals surface area contributed by atoms with Crippen LogP contribution in [0.5, 0.6) is 0 Å². The topological polar surface area (TPSA) is 64.6 Å². The van der Waals surface area contributed by atoms with E-state index in [1.165, 1.54) is 0 Å². The third-order valence-corrected chi connectivity index (χ3v) is 2.44. The van der Waals surface area contributed by atoms with E-state index in [9.17, 15) is 9.59 Å². The molecule has 0 spiro atoms. The van der Waals surface area contributed by atoms with Crippen molar-refractivity contribution in [1.29, 1.82) is 0 Å². The summed E-state index contributed by atoms with van der Waals surface area (Å²) < 4.78 is 9.57. The molecule has 0 bridgehead atoms. The van der Waals surface area contributed by atoms with E-state index in [0.717, 1.165) is 22.9 Å². The highest BCUT2D eigenvalue weighted by Crippen LogP contribution is 2.19. The SMILES string of the molecule is C=CC(=O)OCCOC(=O)Nc1c(C)cccc1C. The molecular formula is C14H17NO4. The average molecular weight is 263 g/mol. The highest BCUT2D eigenvalue weighted by molar-refractivity contribution is 5.86. The Kier molecular flexibility index (Phi) is 5.60. The van der Waals surface area contributed by atoms with Gasteiger partial charge in [0.15, 0.2) is 0 Å². The van der Waals surface area contributed by atoms with Gasteiger partial charge in [-0.05, 0) is 25.0 Å². The minimum atomic E-state index is -0.577. The summed E-state index contributed by atoms with van der Waals surface area (Å²) in [5, 5.41) is 2.66. The van der Waals surface area contributed by atoms with Crippen molar-refractivity contribution in [2.75, 3.05) is 18.5 Å². The fourth-order valence-corrected chi connectivity index (χ4v) is 1.49. The van der Waals surface area contributed by atoms with Crippen LogP contribution in [0.3, 0.4) is 0 Å². The molecule has 1 aromatic rings. The number of rotatable bonds is 5. The molecule has 5 heteroatoms. The van der Waals surface area contributed by atoms with Gasteiger partial charge in [0.25, 0.3) is 0 Å². The smallest absolute Gasteiger partial charge is 0.411 e. The number of carbonyl (C=O) groups excluding carboxylic acids is 2. The standard InChI is InChI=1S/C14H17NO4/c1-4-12(16)18-8-9-19-14(17)15-13-10(2)6-5-7-11(13)3/h4-7H,1,8-9H2,2-3H3,(H,15,17). The predicted molar refractivity (Wildman–Crippen MR) is 72.0 cm³/mol. The van der Waals surface area contributed by atoms with Crippen LogP contribution < -0.4 is 5.32 Å². The van der Waals surface area contributed by atoms with E-state index in [-0.39, 0.29) is 13.2 Å². The molecule has 0 radical (unpaired) electrons. The van der Waals surface area contributed by atoms with Gasteiger partial charge in [-0.15, -0.1) is 0 Å². The molecule has 1 N–H and O–H groups in total. The van der Waals surface area contributed by atoms with Gasteiger partial charge in [0.2, 0.25) is 0 Å². The zero-order valence-corrected chi connectivity index (χ0v) is 11.1. The summed E-state index contributed by atoms with van der Waals surface area (Å²) in [6.07, 6.45) is 0.476. The summed E-state index contributed by atoms with van der Waals surface area (Å²) in [6.45, 7) is 7.05. The summed E-state index contributed by atoms with van der Waals surface area (Å²) in [6, 6.07) is 5.71. The van der Waals surface area contributed by atoms with Gasteiger partial charge >= 0.3 is 12.1 Å². The maximum atomic E-state index is 11.5. The number of aryl methyl sites for hydroxylation is 2. The number of hydrogen-bond donors (Lipinski definition) is 1. The van der Waals surface area contributed by atoms with Gasteiger partial charge in [-0.1, -0.05) is 24.8 Å². The minimum absolute atomic E-state index is 0.00363. The Hall–Kier alpha value is -2.30. The molecule has 0 aliphatic carbocycles. The van der Waals surface area contributed by atoms with Crippen molar-refractivity contribution in [3.63, 3.8) is 0 Å². The van der Waals surface area contributed by atoms with Gasteiger partial charge in [-0.25, -0.2) is 9.59 Å². The van der Waals surface area contributed by atoms with Crippen LogP contribution in [0.2, 0.25) is 0 Å². The second kappa shape index (κ2) is 7.20. The molecule has 0 aliphatic rings. The first-order valence-corrected chi connectivity index (χ1v) is 5.83. The normalized spacial score (nSPS) is 9.58. The molecule has 0 fully saturated rings. The number of nitrogens with one attached hydrogen (secondary N) is 1. The molecule has 0 saturated heterocycles. The van der Waals surface area contributed by atoms with E-state index in [4.69, 9.17) is 4.74 Å². The van der Waals surface area contributed by atoms with Crippen LogP contribution in [0.25, 0.3) is 0 Å². The van der Waals surface area contributed by atoms with Crippen LogP contribution in [0.1, 0.15) is 11.1 Å². The number of amides is 1. The minimum Gasteiger partial charge on any atom is -0.459 e. The molecule has 0 atom stereocenters. The summed E-state index contributed by atoms with van der Waals surface area (Å²) in [5.41, 5.74) is 2.64. The van der Waals surface area contributed by atoms with E-state index in [0.29, 0.717) is 0 Å². The van der Waals surface area contributed by atoms with E-state index in [1.54, 1.807) is 0 Å². The van der Waals surface area contributed by atoms with E-state index >= 15 is 0 Å². The first-order valence-electron chi connectivity index (χ1n) is 5.83. The largest absolute Gasteiger partial charge is 0.459 e. The molecule has 1 rings (SSSR count). The molecule has 102 valence electrons. The molecule has 0 aliphatic heterocycles. The van der Waals surface area contributed by atoms with E-state index in [2.05, 4.69) is 16.6 Å². The van der Waals surface area contributed by atoms with Crippen molar-refractivity contribution in [3.05, 3.63) is 42.0 Å². The molecule has 1 aromatic carbocycles. The number of anilines is 1. The Labute approximate surface area is 112 Å². The molecule has 0 saturated carbocycles. The Morgan fingerprint density at radius 2 is 1.79 bits per heavy atom. The molecule has 0 heterocycles. The van der Waals surface area contributed by atoms with Crippen LogP contribution in [0.15, 0.2) is 30.9 Å². The second-order valence-electron chi connectivity index (χ2n) is 3.90. The van der Waals surface area contributed by atoms with Crippen LogP contribution in [0, 0.1) is 13.8 Å². The zero-order chi connectivity index (χ0) is 14.3. The number of para-hydroxylation sites is 1. The summed E-state index contributed by atoms with van der Waals surface area (Å²) >= 11 is 0. The summed E-state index contributed by atoms with van der Waals surface area (Å²) in [4.78, 5) is 22.3. The number of carbonyl (C=O) groups is 2. The van der Waals surface area contributed by atoms with Crippen molar-refractivity contribution in [1.82, 2.24) is 0 Å². The van der Waals surface area contributed by atoms with Crippen molar-refractivity contribution < 1.29 is 19.1 Å². The first kappa shape index (κ1) is 14.8. The molecule has 19 heavy (non-hydrogen) atoms. The molecule has 1 amide bonds. The van der Waals surface area contributed by atoms with Gasteiger partial charge in [-0.3, -0.25) is 5.32 Å². The highest BCUT2D eigenvalue weighted by atomic mass is 16.6. The van der Waals surface area contributed by atoms with Crippen LogP contribution in [0.4, 0.5) is 10.5 Å². The number of hydrogen-bond acceptors (Lipinski definition) is 4. The third kappa shape index (κ3) is 4.83. The quantitative estimate of drug-likeness (QED) is 0.504. The monoisotopic (exact) mass is 263 g/mol. The lowest BCUT2D eigenvalue weighted by Gasteiger charge is -2.11. The maximum absolute atomic E-state index is 11.5. The Balaban J connectivity index is 2.39. The van der Waals surface area contributed by atoms with E-state index < -0.39 is 12.1 Å². The van der Waals surface area contributed by atoms with Gasteiger partial charge in [0, 0.05) is 11.8 Å². The molecule has 5 nitrogen and oxygen atoms in total. The second-order valence-corrected chi connectivity index (χ2v) is 3.90. The zero-order valence-electron chi connectivity index (χ0n) is 11.1. The van der Waals surface area contributed by atoms with Crippen LogP contribution in [-0.2, 0) is 14.3 Å². The maximum Gasteiger partial charge on any atom is 0.411 e. The Morgan fingerprint density at radius 1 is 1.21 bits per heavy atom. The molecule has 0 aromatic heterocycles. The average Bonchev–Trinajstić information content (AvgIpc) is 2.39. The third-order valence-electron chi connectivity index (χ3n) is 2.44. The molecular weight excluding hydrogens is 246 g/mol. The van der Waals surface area contributed by atoms with Gasteiger partial charge in [-0.2, -0.15) is 0 Å². The van der Waals surface area contributed by atoms with Crippen molar-refractivity contribution in [3.8, 4) is 0 Å². The summed E-state index contributed by atoms with van der Waals surface area (Å²) in [5.74, 6) is -0.543. The van der Waals surface area contributed by atoms with E-state index in [1.807, 2.05) is 32.0 Å². The predicted octanol–water partition coefficient (Wildman–Crippen LogP) is 2.58. The first-order chi connectivity index (χ1) is 9.04. The lowest BCUT2D eigenvalue weighted by atomic mass is 10.1. The lowest BCUT2D eigenvalue weighted by molar-refractivity contribution is -0.138. The van der Waals surface area contributed by atoms with Gasteiger partial charge in [0.05, 0.1) is 0 Å². The van der Waals surface area contributed by atoms with Crippen molar-refractivity contribution >= 4 is 17.7 Å². The van der Waals surface area contributed by atoms with Crippen molar-refractivity contribution in [2.45, 2.75) is 13.8 Å². The van der Waals surface area contributed by atoms with Gasteiger partial charge < -0.3 is 9.47 Å². The number of ether oxygens (including phenoxy) is 2.